The molecule has 0 fully saturated rings. The second-order valence-electron chi connectivity index (χ2n) is 4.90. The Morgan fingerprint density at radius 3 is 1.71 bits per heavy atom. The van der Waals surface area contributed by atoms with Crippen LogP contribution < -0.4 is 0 Å². The third kappa shape index (κ3) is 3.87. The SMILES string of the molecule is Cc1ccc(C(=O)CCC(=O)c2ccc(C#N)cc2)cc1. The van der Waals surface area contributed by atoms with Crippen molar-refractivity contribution in [3.8, 4) is 6.07 Å². The van der Waals surface area contributed by atoms with Crippen LogP contribution in [0.5, 0.6) is 0 Å². The molecule has 3 heteroatoms. The van der Waals surface area contributed by atoms with Gasteiger partial charge in [0.25, 0.3) is 0 Å². The molecule has 0 saturated carbocycles. The first kappa shape index (κ1) is 14.7. The second kappa shape index (κ2) is 6.62. The number of Topliss-reactive ketones (excluding diaryl/α,β-unsaturated/α-hetero) is 2. The zero-order valence-electron chi connectivity index (χ0n) is 11.8. The zero-order valence-corrected chi connectivity index (χ0v) is 11.8. The number of aryl methyl sites for hydroxylation is 1. The Morgan fingerprint density at radius 1 is 0.857 bits per heavy atom. The number of benzene rings is 2. The van der Waals surface area contributed by atoms with E-state index in [1.807, 2.05) is 25.1 Å². The van der Waals surface area contributed by atoms with Gasteiger partial charge in [0.05, 0.1) is 11.6 Å². The van der Waals surface area contributed by atoms with E-state index >= 15 is 0 Å². The maximum absolute atomic E-state index is 12.0. The summed E-state index contributed by atoms with van der Waals surface area (Å²) in [5, 5.41) is 8.71. The van der Waals surface area contributed by atoms with Crippen molar-refractivity contribution in [1.29, 1.82) is 5.26 Å². The van der Waals surface area contributed by atoms with Crippen LogP contribution in [0.3, 0.4) is 0 Å². The topological polar surface area (TPSA) is 57.9 Å². The molecule has 0 bridgehead atoms. The maximum Gasteiger partial charge on any atom is 0.163 e. The summed E-state index contributed by atoms with van der Waals surface area (Å²) in [4.78, 5) is 24.0. The normalized spacial score (nSPS) is 9.90. The molecule has 0 N–H and O–H groups in total. The lowest BCUT2D eigenvalue weighted by Gasteiger charge is -2.02. The van der Waals surface area contributed by atoms with Gasteiger partial charge < -0.3 is 0 Å². The van der Waals surface area contributed by atoms with Gasteiger partial charge in [0.2, 0.25) is 0 Å². The minimum atomic E-state index is -0.0834. The molecule has 2 aromatic carbocycles. The second-order valence-corrected chi connectivity index (χ2v) is 4.90. The first-order chi connectivity index (χ1) is 10.1. The Labute approximate surface area is 123 Å². The summed E-state index contributed by atoms with van der Waals surface area (Å²) in [6.45, 7) is 1.96. The minimum absolute atomic E-state index is 0.0306. The Bertz CT molecular complexity index is 691. The number of nitrogens with zero attached hydrogens (tertiary/aromatic N) is 1. The van der Waals surface area contributed by atoms with Crippen molar-refractivity contribution in [2.45, 2.75) is 19.8 Å². The highest BCUT2D eigenvalue weighted by Gasteiger charge is 2.11. The highest BCUT2D eigenvalue weighted by atomic mass is 16.1. The molecule has 0 amide bonds. The van der Waals surface area contributed by atoms with Crippen LogP contribution in [0.2, 0.25) is 0 Å². The highest BCUT2D eigenvalue weighted by Crippen LogP contribution is 2.11. The van der Waals surface area contributed by atoms with Gasteiger partial charge in [-0.1, -0.05) is 42.0 Å². The van der Waals surface area contributed by atoms with Crippen molar-refractivity contribution in [2.75, 3.05) is 0 Å². The van der Waals surface area contributed by atoms with E-state index in [1.54, 1.807) is 36.4 Å². The van der Waals surface area contributed by atoms with Crippen molar-refractivity contribution < 1.29 is 9.59 Å². The van der Waals surface area contributed by atoms with Crippen molar-refractivity contribution in [1.82, 2.24) is 0 Å². The van der Waals surface area contributed by atoms with Crippen LogP contribution in [0, 0.1) is 18.3 Å². The van der Waals surface area contributed by atoms with E-state index in [-0.39, 0.29) is 24.4 Å². The fourth-order valence-corrected chi connectivity index (χ4v) is 1.99. The largest absolute Gasteiger partial charge is 0.294 e. The molecular weight excluding hydrogens is 262 g/mol. The van der Waals surface area contributed by atoms with E-state index in [2.05, 4.69) is 0 Å². The van der Waals surface area contributed by atoms with E-state index in [0.717, 1.165) is 5.56 Å². The highest BCUT2D eigenvalue weighted by molar-refractivity contribution is 6.02. The smallest absolute Gasteiger partial charge is 0.163 e. The van der Waals surface area contributed by atoms with Gasteiger partial charge in [-0.15, -0.1) is 0 Å². The molecule has 0 aliphatic rings. The fraction of sp³-hybridized carbons (Fsp3) is 0.167. The Morgan fingerprint density at radius 2 is 1.29 bits per heavy atom. The van der Waals surface area contributed by atoms with E-state index in [4.69, 9.17) is 5.26 Å². The Kier molecular flexibility index (Phi) is 4.63. The van der Waals surface area contributed by atoms with Crippen molar-refractivity contribution >= 4 is 11.6 Å². The molecule has 2 aromatic rings. The third-order valence-corrected chi connectivity index (χ3v) is 3.29. The molecule has 0 spiro atoms. The van der Waals surface area contributed by atoms with Gasteiger partial charge in [-0.05, 0) is 19.1 Å². The fourth-order valence-electron chi connectivity index (χ4n) is 1.99. The van der Waals surface area contributed by atoms with E-state index in [9.17, 15) is 9.59 Å². The summed E-state index contributed by atoms with van der Waals surface area (Å²) < 4.78 is 0. The lowest BCUT2D eigenvalue weighted by atomic mass is 10.0. The summed E-state index contributed by atoms with van der Waals surface area (Å²) in [6, 6.07) is 15.8. The Hall–Kier alpha value is -2.73. The van der Waals surface area contributed by atoms with Crippen LogP contribution in [0.4, 0.5) is 0 Å². The minimum Gasteiger partial charge on any atom is -0.294 e. The molecule has 0 saturated heterocycles. The molecule has 0 aliphatic carbocycles. The van der Waals surface area contributed by atoms with Crippen molar-refractivity contribution in [3.63, 3.8) is 0 Å². The van der Waals surface area contributed by atoms with Gasteiger partial charge in [0, 0.05) is 24.0 Å². The summed E-state index contributed by atoms with van der Waals surface area (Å²) in [7, 11) is 0. The standard InChI is InChI=1S/C18H15NO2/c1-13-2-6-15(7-3-13)17(20)10-11-18(21)16-8-4-14(12-19)5-9-16/h2-9H,10-11H2,1H3. The molecule has 3 nitrogen and oxygen atoms in total. The first-order valence-electron chi connectivity index (χ1n) is 6.73. The lowest BCUT2D eigenvalue weighted by molar-refractivity contribution is 0.0917. The van der Waals surface area contributed by atoms with Gasteiger partial charge in [0.1, 0.15) is 0 Å². The first-order valence-corrected chi connectivity index (χ1v) is 6.73. The zero-order chi connectivity index (χ0) is 15.2. The molecular formula is C18H15NO2. The lowest BCUT2D eigenvalue weighted by Crippen LogP contribution is -2.05. The summed E-state index contributed by atoms with van der Waals surface area (Å²) >= 11 is 0. The summed E-state index contributed by atoms with van der Waals surface area (Å²) in [6.07, 6.45) is 0.376. The summed E-state index contributed by atoms with van der Waals surface area (Å²) in [5.41, 5.74) is 2.78. The predicted octanol–water partition coefficient (Wildman–Crippen LogP) is 3.71. The number of hydrogen-bond donors (Lipinski definition) is 0. The quantitative estimate of drug-likeness (QED) is 0.783. The number of carbonyl (C=O) groups is 2. The molecule has 0 radical (unpaired) electrons. The van der Waals surface area contributed by atoms with Crippen LogP contribution in [-0.2, 0) is 0 Å². The average Bonchev–Trinajstić information content (AvgIpc) is 2.53. The van der Waals surface area contributed by atoms with Crippen LogP contribution in [-0.4, -0.2) is 11.6 Å². The monoisotopic (exact) mass is 277 g/mol. The molecule has 0 aliphatic heterocycles. The maximum atomic E-state index is 12.0. The van der Waals surface area contributed by atoms with E-state index < -0.39 is 0 Å². The van der Waals surface area contributed by atoms with Crippen LogP contribution in [0.25, 0.3) is 0 Å². The van der Waals surface area contributed by atoms with Gasteiger partial charge >= 0.3 is 0 Å². The van der Waals surface area contributed by atoms with E-state index in [1.165, 1.54) is 0 Å². The average molecular weight is 277 g/mol. The number of carbonyl (C=O) groups excluding carboxylic acids is 2. The van der Waals surface area contributed by atoms with Gasteiger partial charge in [-0.25, -0.2) is 0 Å². The predicted molar refractivity (Wildman–Crippen MR) is 80.2 cm³/mol. The Balaban J connectivity index is 1.95. The number of nitriles is 1. The van der Waals surface area contributed by atoms with Crippen LogP contribution >= 0.6 is 0 Å². The molecule has 21 heavy (non-hydrogen) atoms. The molecule has 2 rings (SSSR count). The van der Waals surface area contributed by atoms with Crippen molar-refractivity contribution in [3.05, 3.63) is 70.8 Å². The molecule has 0 aromatic heterocycles. The number of ketones is 2. The van der Waals surface area contributed by atoms with Gasteiger partial charge in [-0.3, -0.25) is 9.59 Å². The van der Waals surface area contributed by atoms with E-state index in [0.29, 0.717) is 16.7 Å². The molecule has 0 unspecified atom stereocenters. The van der Waals surface area contributed by atoms with Gasteiger partial charge in [-0.2, -0.15) is 5.26 Å². The third-order valence-electron chi connectivity index (χ3n) is 3.29. The summed E-state index contributed by atoms with van der Waals surface area (Å²) in [5.74, 6) is -0.114. The molecule has 0 atom stereocenters. The van der Waals surface area contributed by atoms with Crippen LogP contribution in [0.15, 0.2) is 48.5 Å². The molecule has 104 valence electrons. The van der Waals surface area contributed by atoms with Gasteiger partial charge in [0.15, 0.2) is 11.6 Å². The number of rotatable bonds is 5. The van der Waals surface area contributed by atoms with Crippen LogP contribution in [0.1, 0.15) is 44.7 Å². The molecule has 0 heterocycles. The van der Waals surface area contributed by atoms with Crippen molar-refractivity contribution in [2.24, 2.45) is 0 Å². The number of hydrogen-bond acceptors (Lipinski definition) is 3.